The van der Waals surface area contributed by atoms with Crippen molar-refractivity contribution < 1.29 is 56.3 Å². The lowest BCUT2D eigenvalue weighted by molar-refractivity contribution is -0.314. The fourth-order valence-corrected chi connectivity index (χ4v) is 5.01. The van der Waals surface area contributed by atoms with Gasteiger partial charge in [-0.2, -0.15) is 0 Å². The van der Waals surface area contributed by atoms with E-state index in [1.54, 1.807) is 37.3 Å². The standard InChI is InChI=1S/C34H55F2NO10/c1-6-10-18-41-23-27-28(43-19-11-7-2)29(44-20-12-8-3)30(46-24-40-5)31(47-27)34(35,36)21-26(32(38)42-9-4)37-33(39)45-22-25-16-14-13-15-17-25/h13-17,26-31H,6-12,18-24H2,1-5H3,(H,37,39)/t26-,27-,28+,29+,30-,31+/m1/s1. The summed E-state index contributed by atoms with van der Waals surface area (Å²) in [6.07, 6.45) is -3.34. The number of carbonyl (C=O) groups is 2. The van der Waals surface area contributed by atoms with Gasteiger partial charge in [-0.25, -0.2) is 18.4 Å². The van der Waals surface area contributed by atoms with Crippen molar-refractivity contribution in [1.29, 1.82) is 0 Å². The molecule has 0 spiro atoms. The predicted molar refractivity (Wildman–Crippen MR) is 170 cm³/mol. The van der Waals surface area contributed by atoms with Gasteiger partial charge in [-0.05, 0) is 31.7 Å². The molecule has 0 aliphatic carbocycles. The fraction of sp³-hybridized carbons (Fsp3) is 0.765. The van der Waals surface area contributed by atoms with Crippen LogP contribution in [-0.4, -0.2) is 101 Å². The van der Waals surface area contributed by atoms with Gasteiger partial charge in [0.2, 0.25) is 0 Å². The Kier molecular flexibility index (Phi) is 20.0. The maximum Gasteiger partial charge on any atom is 0.408 e. The molecule has 11 nitrogen and oxygen atoms in total. The largest absolute Gasteiger partial charge is 0.464 e. The first-order valence-electron chi connectivity index (χ1n) is 16.8. The molecule has 0 saturated carbocycles. The van der Waals surface area contributed by atoms with Crippen molar-refractivity contribution in [3.05, 3.63) is 35.9 Å². The highest BCUT2D eigenvalue weighted by Gasteiger charge is 2.58. The van der Waals surface area contributed by atoms with Crippen LogP contribution >= 0.6 is 0 Å². The predicted octanol–water partition coefficient (Wildman–Crippen LogP) is 5.81. The molecule has 2 rings (SSSR count). The number of hydrogen-bond acceptors (Lipinski definition) is 10. The smallest absolute Gasteiger partial charge is 0.408 e. The van der Waals surface area contributed by atoms with E-state index < -0.39 is 61.0 Å². The number of carbonyl (C=O) groups excluding carboxylic acids is 2. The topological polar surface area (TPSA) is 120 Å². The van der Waals surface area contributed by atoms with Gasteiger partial charge in [-0.15, -0.1) is 0 Å². The van der Waals surface area contributed by atoms with E-state index in [9.17, 15) is 9.59 Å². The summed E-state index contributed by atoms with van der Waals surface area (Å²) in [5.74, 6) is -4.78. The van der Waals surface area contributed by atoms with Gasteiger partial charge in [0.15, 0.2) is 6.10 Å². The minimum absolute atomic E-state index is 0.0145. The molecule has 0 unspecified atom stereocenters. The third-order valence-corrected chi connectivity index (χ3v) is 7.52. The van der Waals surface area contributed by atoms with Crippen LogP contribution in [0.3, 0.4) is 0 Å². The minimum Gasteiger partial charge on any atom is -0.464 e. The van der Waals surface area contributed by atoms with Gasteiger partial charge in [0.25, 0.3) is 5.92 Å². The number of benzene rings is 1. The Hall–Kier alpha value is -2.42. The van der Waals surface area contributed by atoms with Crippen LogP contribution in [0.1, 0.15) is 78.2 Å². The molecule has 1 aromatic carbocycles. The van der Waals surface area contributed by atoms with E-state index in [1.807, 2.05) is 20.8 Å². The number of hydrogen-bond donors (Lipinski definition) is 1. The average Bonchev–Trinajstić information content (AvgIpc) is 3.06. The second-order valence-electron chi connectivity index (χ2n) is 11.4. The van der Waals surface area contributed by atoms with Crippen molar-refractivity contribution in [1.82, 2.24) is 5.32 Å². The summed E-state index contributed by atoms with van der Waals surface area (Å²) in [4.78, 5) is 25.6. The van der Waals surface area contributed by atoms with E-state index in [1.165, 1.54) is 7.11 Å². The molecule has 1 fully saturated rings. The van der Waals surface area contributed by atoms with Crippen LogP contribution in [0.4, 0.5) is 13.6 Å². The molecule has 0 aromatic heterocycles. The van der Waals surface area contributed by atoms with Gasteiger partial charge >= 0.3 is 12.1 Å². The Morgan fingerprint density at radius 3 is 2.13 bits per heavy atom. The molecule has 1 aliphatic heterocycles. The molecule has 1 N–H and O–H groups in total. The monoisotopic (exact) mass is 675 g/mol. The van der Waals surface area contributed by atoms with E-state index >= 15 is 8.78 Å². The highest BCUT2D eigenvalue weighted by molar-refractivity contribution is 5.81. The Bertz CT molecular complexity index is 989. The van der Waals surface area contributed by atoms with E-state index in [-0.39, 0.29) is 33.2 Å². The molecular formula is C34H55F2NO10. The quantitative estimate of drug-likeness (QED) is 0.0817. The van der Waals surface area contributed by atoms with Crippen LogP contribution in [0.25, 0.3) is 0 Å². The van der Waals surface area contributed by atoms with Crippen molar-refractivity contribution in [3.63, 3.8) is 0 Å². The number of rotatable bonds is 24. The minimum atomic E-state index is -3.75. The van der Waals surface area contributed by atoms with Crippen LogP contribution < -0.4 is 5.32 Å². The van der Waals surface area contributed by atoms with Crippen molar-refractivity contribution in [2.75, 3.05) is 46.9 Å². The van der Waals surface area contributed by atoms with Gasteiger partial charge in [-0.3, -0.25) is 0 Å². The highest BCUT2D eigenvalue weighted by Crippen LogP contribution is 2.39. The lowest BCUT2D eigenvalue weighted by Crippen LogP contribution is -2.66. The van der Waals surface area contributed by atoms with E-state index in [2.05, 4.69) is 5.32 Å². The van der Waals surface area contributed by atoms with Crippen LogP contribution in [0.2, 0.25) is 0 Å². The molecule has 47 heavy (non-hydrogen) atoms. The number of halogens is 2. The first kappa shape index (κ1) is 40.8. The zero-order chi connectivity index (χ0) is 34.5. The molecule has 1 heterocycles. The zero-order valence-corrected chi connectivity index (χ0v) is 28.6. The van der Waals surface area contributed by atoms with Crippen LogP contribution in [0, 0.1) is 0 Å². The Labute approximate surface area is 278 Å². The van der Waals surface area contributed by atoms with Crippen molar-refractivity contribution in [3.8, 4) is 0 Å². The number of alkyl carbamates (subject to hydrolysis) is 1. The second kappa shape index (κ2) is 23.0. The van der Waals surface area contributed by atoms with Crippen molar-refractivity contribution in [2.24, 2.45) is 0 Å². The van der Waals surface area contributed by atoms with Crippen LogP contribution in [-0.2, 0) is 49.3 Å². The van der Waals surface area contributed by atoms with Gasteiger partial charge in [-0.1, -0.05) is 70.4 Å². The SMILES string of the molecule is CCCCOC[C@H]1O[C@H](C(F)(F)C[C@@H](NC(=O)OCc2ccccc2)C(=O)OCC)[C@H](OCOC)[C@@H](OCCCC)[C@H]1OCCCC. The number of unbranched alkanes of at least 4 members (excludes halogenated alkanes) is 3. The third-order valence-electron chi connectivity index (χ3n) is 7.52. The Morgan fingerprint density at radius 1 is 0.872 bits per heavy atom. The van der Waals surface area contributed by atoms with Gasteiger partial charge in [0, 0.05) is 33.4 Å². The number of amides is 1. The normalized spacial score (nSPS) is 22.1. The van der Waals surface area contributed by atoms with E-state index in [0.717, 1.165) is 32.1 Å². The lowest BCUT2D eigenvalue weighted by Gasteiger charge is -2.48. The van der Waals surface area contributed by atoms with Gasteiger partial charge in [0.05, 0.1) is 13.2 Å². The molecule has 1 amide bonds. The lowest BCUT2D eigenvalue weighted by atomic mass is 9.88. The average molecular weight is 676 g/mol. The molecule has 270 valence electrons. The maximum absolute atomic E-state index is 16.6. The summed E-state index contributed by atoms with van der Waals surface area (Å²) >= 11 is 0. The molecule has 1 aliphatic rings. The number of methoxy groups -OCH3 is 1. The van der Waals surface area contributed by atoms with Crippen LogP contribution in [0.5, 0.6) is 0 Å². The first-order valence-corrected chi connectivity index (χ1v) is 16.8. The van der Waals surface area contributed by atoms with E-state index in [0.29, 0.717) is 25.2 Å². The number of ether oxygens (including phenoxy) is 8. The van der Waals surface area contributed by atoms with Crippen molar-refractivity contribution in [2.45, 2.75) is 122 Å². The Morgan fingerprint density at radius 2 is 1.51 bits per heavy atom. The van der Waals surface area contributed by atoms with Crippen molar-refractivity contribution >= 4 is 12.1 Å². The Balaban J connectivity index is 2.40. The molecule has 13 heteroatoms. The summed E-state index contributed by atoms with van der Waals surface area (Å²) in [5.41, 5.74) is 0.687. The molecule has 1 saturated heterocycles. The maximum atomic E-state index is 16.6. The highest BCUT2D eigenvalue weighted by atomic mass is 19.3. The number of esters is 1. The second-order valence-corrected chi connectivity index (χ2v) is 11.4. The number of nitrogens with one attached hydrogen (secondary N) is 1. The summed E-state index contributed by atoms with van der Waals surface area (Å²) in [6.45, 7) is 8.11. The molecule has 0 radical (unpaired) electrons. The fourth-order valence-electron chi connectivity index (χ4n) is 5.01. The van der Waals surface area contributed by atoms with Gasteiger partial charge in [0.1, 0.15) is 43.9 Å². The summed E-state index contributed by atoms with van der Waals surface area (Å²) in [7, 11) is 1.38. The van der Waals surface area contributed by atoms with Crippen LogP contribution in [0.15, 0.2) is 30.3 Å². The molecule has 6 atom stereocenters. The summed E-state index contributed by atoms with van der Waals surface area (Å²) < 4.78 is 78.8. The molecule has 0 bridgehead atoms. The first-order chi connectivity index (χ1) is 22.7. The molecular weight excluding hydrogens is 620 g/mol. The van der Waals surface area contributed by atoms with E-state index in [4.69, 9.17) is 37.9 Å². The number of alkyl halides is 2. The molecule has 1 aromatic rings. The zero-order valence-electron chi connectivity index (χ0n) is 28.6. The third kappa shape index (κ3) is 14.3. The summed E-state index contributed by atoms with van der Waals surface area (Å²) in [6, 6.07) is 7.07. The van der Waals surface area contributed by atoms with Gasteiger partial charge < -0.3 is 43.2 Å². The summed E-state index contributed by atoms with van der Waals surface area (Å²) in [5, 5.41) is 2.26.